The summed E-state index contributed by atoms with van der Waals surface area (Å²) in [5.41, 5.74) is -5.69. The fourth-order valence-electron chi connectivity index (χ4n) is 2.46. The molecule has 0 heterocycles. The van der Waals surface area contributed by atoms with Gasteiger partial charge in [-0.05, 0) is 36.2 Å². The lowest BCUT2D eigenvalue weighted by Gasteiger charge is -2.30. The first-order chi connectivity index (χ1) is 12.4. The normalized spacial score (nSPS) is 13.0. The molecule has 0 fully saturated rings. The average Bonchev–Trinajstić information content (AvgIpc) is 2.58. The second kappa shape index (κ2) is 7.84. The molecule has 0 unspecified atom stereocenters. The van der Waals surface area contributed by atoms with Crippen molar-refractivity contribution in [3.05, 3.63) is 71.0 Å². The van der Waals surface area contributed by atoms with Crippen molar-refractivity contribution < 1.29 is 35.1 Å². The van der Waals surface area contributed by atoms with Crippen molar-refractivity contribution in [2.75, 3.05) is 6.54 Å². The van der Waals surface area contributed by atoms with Crippen LogP contribution in [0.5, 0.6) is 0 Å². The molecule has 0 saturated heterocycles. The van der Waals surface area contributed by atoms with Gasteiger partial charge < -0.3 is 5.32 Å². The summed E-state index contributed by atoms with van der Waals surface area (Å²) in [6.07, 6.45) is -11.7. The summed E-state index contributed by atoms with van der Waals surface area (Å²) in [7, 11) is 0. The van der Waals surface area contributed by atoms with Crippen LogP contribution in [0.4, 0.5) is 35.1 Å². The smallest absolute Gasteiger partial charge is 0.312 e. The van der Waals surface area contributed by atoms with E-state index in [9.17, 15) is 35.1 Å². The zero-order valence-electron chi connectivity index (χ0n) is 13.8. The van der Waals surface area contributed by atoms with Crippen LogP contribution < -0.4 is 5.32 Å². The third-order valence-electron chi connectivity index (χ3n) is 3.97. The van der Waals surface area contributed by atoms with Crippen LogP contribution in [0.1, 0.15) is 16.7 Å². The lowest BCUT2D eigenvalue weighted by molar-refractivity contribution is -0.348. The Labute approximate surface area is 150 Å². The highest BCUT2D eigenvalue weighted by molar-refractivity contribution is 5.30. The van der Waals surface area contributed by atoms with Gasteiger partial charge >= 0.3 is 18.0 Å². The van der Waals surface area contributed by atoms with E-state index in [0.717, 1.165) is 17.7 Å². The first kappa shape index (κ1) is 21.1. The maximum absolute atomic E-state index is 13.9. The number of hydrogen-bond donors (Lipinski definition) is 1. The van der Waals surface area contributed by atoms with Crippen molar-refractivity contribution in [1.82, 2.24) is 5.32 Å². The van der Waals surface area contributed by atoms with E-state index >= 15 is 0 Å². The Morgan fingerprint density at radius 3 is 1.63 bits per heavy atom. The molecule has 0 aliphatic rings. The van der Waals surface area contributed by atoms with Crippen molar-refractivity contribution in [2.45, 2.75) is 31.0 Å². The van der Waals surface area contributed by atoms with Crippen LogP contribution in [0.25, 0.3) is 0 Å². The molecule has 0 atom stereocenters. The Kier molecular flexibility index (Phi) is 6.14. The molecule has 2 rings (SSSR count). The van der Waals surface area contributed by atoms with Crippen LogP contribution in [-0.4, -0.2) is 18.9 Å². The predicted octanol–water partition coefficient (Wildman–Crippen LogP) is 5.45. The highest BCUT2D eigenvalue weighted by Gasteiger charge is 2.73. The first-order valence-corrected chi connectivity index (χ1v) is 7.82. The van der Waals surface area contributed by atoms with Crippen molar-refractivity contribution in [2.24, 2.45) is 0 Å². The van der Waals surface area contributed by atoms with Crippen LogP contribution in [0.2, 0.25) is 0 Å². The SMILES string of the molecule is Fc1ccc(CCNCc2ccc(C(F)(C(F)(F)F)C(F)(F)F)cc2)cc1. The molecule has 2 aromatic carbocycles. The Hall–Kier alpha value is -2.16. The second-order valence-electron chi connectivity index (χ2n) is 5.90. The van der Waals surface area contributed by atoms with Gasteiger partial charge in [0.25, 0.3) is 0 Å². The molecule has 0 bridgehead atoms. The fourth-order valence-corrected chi connectivity index (χ4v) is 2.46. The Morgan fingerprint density at radius 1 is 0.667 bits per heavy atom. The van der Waals surface area contributed by atoms with E-state index in [1.807, 2.05) is 0 Å². The van der Waals surface area contributed by atoms with Gasteiger partial charge in [-0.1, -0.05) is 36.4 Å². The molecule has 0 spiro atoms. The quantitative estimate of drug-likeness (QED) is 0.505. The lowest BCUT2D eigenvalue weighted by atomic mass is 9.93. The monoisotopic (exact) mass is 397 g/mol. The molecule has 0 aliphatic carbocycles. The average molecular weight is 397 g/mol. The Balaban J connectivity index is 1.99. The second-order valence-corrected chi connectivity index (χ2v) is 5.90. The molecule has 0 amide bonds. The predicted molar refractivity (Wildman–Crippen MR) is 83.1 cm³/mol. The Morgan fingerprint density at radius 2 is 1.15 bits per heavy atom. The standard InChI is InChI=1S/C18H15F8N/c19-15-7-3-12(4-8-15)9-10-27-11-13-1-5-14(6-2-13)16(20,17(21,22)23)18(24,25)26/h1-8,27H,9-11H2. The minimum absolute atomic E-state index is 0.165. The third-order valence-corrected chi connectivity index (χ3v) is 3.97. The minimum atomic E-state index is -6.12. The largest absolute Gasteiger partial charge is 0.435 e. The molecule has 1 N–H and O–H groups in total. The van der Waals surface area contributed by atoms with Crippen molar-refractivity contribution in [3.8, 4) is 0 Å². The molecule has 1 nitrogen and oxygen atoms in total. The first-order valence-electron chi connectivity index (χ1n) is 7.82. The van der Waals surface area contributed by atoms with Crippen molar-refractivity contribution >= 4 is 0 Å². The van der Waals surface area contributed by atoms with Gasteiger partial charge in [-0.2, -0.15) is 26.3 Å². The summed E-state index contributed by atoms with van der Waals surface area (Å²) in [6, 6.07) is 8.78. The summed E-state index contributed by atoms with van der Waals surface area (Å²) in [5.74, 6) is -0.367. The molecule has 0 saturated carbocycles. The number of benzene rings is 2. The van der Waals surface area contributed by atoms with Crippen LogP contribution in [-0.2, 0) is 18.6 Å². The van der Waals surface area contributed by atoms with Gasteiger partial charge in [0.1, 0.15) is 5.82 Å². The summed E-state index contributed by atoms with van der Waals surface area (Å²) in [5, 5.41) is 2.95. The molecule has 148 valence electrons. The molecule has 27 heavy (non-hydrogen) atoms. The fraction of sp³-hybridized carbons (Fsp3) is 0.333. The zero-order valence-corrected chi connectivity index (χ0v) is 13.8. The molecule has 2 aromatic rings. The van der Waals surface area contributed by atoms with E-state index in [1.54, 1.807) is 12.1 Å². The minimum Gasteiger partial charge on any atom is -0.312 e. The van der Waals surface area contributed by atoms with Crippen molar-refractivity contribution in [3.63, 3.8) is 0 Å². The van der Waals surface area contributed by atoms with Crippen molar-refractivity contribution in [1.29, 1.82) is 0 Å². The number of halogens is 8. The maximum atomic E-state index is 13.9. The van der Waals surface area contributed by atoms with E-state index < -0.39 is 23.6 Å². The highest BCUT2D eigenvalue weighted by Crippen LogP contribution is 2.53. The van der Waals surface area contributed by atoms with Gasteiger partial charge in [0, 0.05) is 12.1 Å². The van der Waals surface area contributed by atoms with E-state index in [4.69, 9.17) is 0 Å². The number of nitrogens with one attached hydrogen (secondary N) is 1. The van der Waals surface area contributed by atoms with Gasteiger partial charge in [-0.25, -0.2) is 8.78 Å². The summed E-state index contributed by atoms with van der Waals surface area (Å²) < 4.78 is 103. The molecule has 9 heteroatoms. The number of hydrogen-bond acceptors (Lipinski definition) is 1. The van der Waals surface area contributed by atoms with Gasteiger partial charge in [-0.3, -0.25) is 0 Å². The van der Waals surface area contributed by atoms with Gasteiger partial charge in [-0.15, -0.1) is 0 Å². The van der Waals surface area contributed by atoms with E-state index in [0.29, 0.717) is 30.7 Å². The van der Waals surface area contributed by atoms with Crippen LogP contribution >= 0.6 is 0 Å². The molecular formula is C18H15F8N. The van der Waals surface area contributed by atoms with Gasteiger partial charge in [0.15, 0.2) is 0 Å². The van der Waals surface area contributed by atoms with E-state index in [2.05, 4.69) is 5.32 Å². The van der Waals surface area contributed by atoms with Gasteiger partial charge in [0.2, 0.25) is 0 Å². The van der Waals surface area contributed by atoms with Crippen LogP contribution in [0.15, 0.2) is 48.5 Å². The molecular weight excluding hydrogens is 382 g/mol. The Bertz CT molecular complexity index is 718. The lowest BCUT2D eigenvalue weighted by Crippen LogP contribution is -2.50. The van der Waals surface area contributed by atoms with Crippen LogP contribution in [0, 0.1) is 5.82 Å². The topological polar surface area (TPSA) is 12.0 Å². The number of alkyl halides is 7. The molecule has 0 radical (unpaired) electrons. The highest BCUT2D eigenvalue weighted by atomic mass is 19.4. The summed E-state index contributed by atoms with van der Waals surface area (Å²) in [6.45, 7) is 0.615. The van der Waals surface area contributed by atoms with Gasteiger partial charge in [0.05, 0.1) is 0 Å². The zero-order chi connectivity index (χ0) is 20.3. The number of rotatable bonds is 6. The van der Waals surface area contributed by atoms with E-state index in [1.165, 1.54) is 12.1 Å². The molecule has 0 aliphatic heterocycles. The molecule has 0 aromatic heterocycles. The van der Waals surface area contributed by atoms with E-state index in [-0.39, 0.29) is 12.4 Å². The van der Waals surface area contributed by atoms with Crippen LogP contribution in [0.3, 0.4) is 0 Å². The third kappa shape index (κ3) is 4.77. The summed E-state index contributed by atoms with van der Waals surface area (Å²) >= 11 is 0. The summed E-state index contributed by atoms with van der Waals surface area (Å²) in [4.78, 5) is 0. The maximum Gasteiger partial charge on any atom is 0.435 e.